The minimum Gasteiger partial charge on any atom is -0.397 e. The summed E-state index contributed by atoms with van der Waals surface area (Å²) in [6.45, 7) is 0. The van der Waals surface area contributed by atoms with Gasteiger partial charge in [-0.3, -0.25) is 0 Å². The smallest absolute Gasteiger partial charge is 0.136 e. The fourth-order valence-electron chi connectivity index (χ4n) is 0.960. The van der Waals surface area contributed by atoms with Gasteiger partial charge in [0.15, 0.2) is 0 Å². The van der Waals surface area contributed by atoms with E-state index >= 15 is 0 Å². The summed E-state index contributed by atoms with van der Waals surface area (Å²) in [5.41, 5.74) is 4.69. The van der Waals surface area contributed by atoms with Crippen molar-refractivity contribution >= 4 is 21.6 Å². The molecule has 5 heteroatoms. The average molecular weight is 259 g/mol. The first kappa shape index (κ1) is 10.7. The van der Waals surface area contributed by atoms with E-state index in [-0.39, 0.29) is 15.7 Å². The number of benzene rings is 1. The first-order valence-corrected chi connectivity index (χ1v) is 4.35. The lowest BCUT2D eigenvalue weighted by Crippen LogP contribution is -2.02. The van der Waals surface area contributed by atoms with Crippen LogP contribution in [0.1, 0.15) is 5.56 Å². The number of nitrogens with zero attached hydrogens (tertiary/aromatic N) is 1. The molecule has 1 aromatic rings. The standard InChI is InChI=1S/C9H5BrF2N2/c10-5-3-6(11)9(7(12)4-5)8(14)1-2-13/h1,3-4H,14H2/b8-1-. The molecule has 0 aliphatic heterocycles. The molecular weight excluding hydrogens is 254 g/mol. The van der Waals surface area contributed by atoms with Crippen LogP contribution in [0.4, 0.5) is 8.78 Å². The van der Waals surface area contributed by atoms with Crippen LogP contribution in [0, 0.1) is 23.0 Å². The molecule has 0 saturated carbocycles. The van der Waals surface area contributed by atoms with E-state index in [4.69, 9.17) is 11.0 Å². The Morgan fingerprint density at radius 3 is 2.36 bits per heavy atom. The first-order valence-electron chi connectivity index (χ1n) is 3.56. The van der Waals surface area contributed by atoms with E-state index in [1.54, 1.807) is 6.07 Å². The molecule has 2 nitrogen and oxygen atoms in total. The minimum absolute atomic E-state index is 0.227. The number of allylic oxidation sites excluding steroid dienone is 1. The summed E-state index contributed by atoms with van der Waals surface area (Å²) in [6.07, 6.45) is 0.884. The van der Waals surface area contributed by atoms with Crippen molar-refractivity contribution in [1.29, 1.82) is 5.26 Å². The monoisotopic (exact) mass is 258 g/mol. The third-order valence-corrected chi connectivity index (χ3v) is 1.97. The Morgan fingerprint density at radius 1 is 1.43 bits per heavy atom. The van der Waals surface area contributed by atoms with E-state index in [0.29, 0.717) is 0 Å². The van der Waals surface area contributed by atoms with Gasteiger partial charge in [-0.05, 0) is 12.1 Å². The number of hydrogen-bond donors (Lipinski definition) is 1. The zero-order chi connectivity index (χ0) is 10.7. The fourth-order valence-corrected chi connectivity index (χ4v) is 1.36. The SMILES string of the molecule is N#C/C=C(\N)c1c(F)cc(Br)cc1F. The summed E-state index contributed by atoms with van der Waals surface area (Å²) in [5, 5.41) is 8.27. The van der Waals surface area contributed by atoms with Gasteiger partial charge in [0.05, 0.1) is 17.3 Å². The second-order valence-electron chi connectivity index (χ2n) is 2.47. The third-order valence-electron chi connectivity index (χ3n) is 1.52. The lowest BCUT2D eigenvalue weighted by molar-refractivity contribution is 0.575. The van der Waals surface area contributed by atoms with Crippen molar-refractivity contribution in [2.24, 2.45) is 5.73 Å². The van der Waals surface area contributed by atoms with Crippen molar-refractivity contribution in [1.82, 2.24) is 0 Å². The highest BCUT2D eigenvalue weighted by atomic mass is 79.9. The van der Waals surface area contributed by atoms with Crippen molar-refractivity contribution in [3.05, 3.63) is 39.9 Å². The normalized spacial score (nSPS) is 11.1. The van der Waals surface area contributed by atoms with Crippen LogP contribution in [0.25, 0.3) is 5.70 Å². The summed E-state index contributed by atoms with van der Waals surface area (Å²) < 4.78 is 26.6. The molecule has 0 aliphatic rings. The van der Waals surface area contributed by atoms with Crippen molar-refractivity contribution < 1.29 is 8.78 Å². The van der Waals surface area contributed by atoms with Crippen LogP contribution in [-0.2, 0) is 0 Å². The first-order chi connectivity index (χ1) is 6.56. The summed E-state index contributed by atoms with van der Waals surface area (Å²) in [5.74, 6) is -1.61. The number of hydrogen-bond acceptors (Lipinski definition) is 2. The molecule has 0 saturated heterocycles. The number of nitrogens with two attached hydrogens (primary N) is 1. The van der Waals surface area contributed by atoms with Gasteiger partial charge in [-0.15, -0.1) is 0 Å². The van der Waals surface area contributed by atoms with E-state index in [1.165, 1.54) is 0 Å². The minimum atomic E-state index is -0.805. The van der Waals surface area contributed by atoms with Gasteiger partial charge in [0.25, 0.3) is 0 Å². The van der Waals surface area contributed by atoms with Crippen LogP contribution >= 0.6 is 15.9 Å². The van der Waals surface area contributed by atoms with Crippen LogP contribution < -0.4 is 5.73 Å². The summed E-state index contributed by atoms with van der Waals surface area (Å²) in [6, 6.07) is 3.76. The predicted molar refractivity (Wildman–Crippen MR) is 51.8 cm³/mol. The maximum absolute atomic E-state index is 13.2. The molecule has 14 heavy (non-hydrogen) atoms. The Labute approximate surface area is 87.8 Å². The van der Waals surface area contributed by atoms with Crippen molar-refractivity contribution in [2.75, 3.05) is 0 Å². The zero-order valence-corrected chi connectivity index (χ0v) is 8.48. The Morgan fingerprint density at radius 2 is 1.93 bits per heavy atom. The van der Waals surface area contributed by atoms with E-state index in [1.807, 2.05) is 0 Å². The molecule has 0 spiro atoms. The van der Waals surface area contributed by atoms with Gasteiger partial charge in [-0.1, -0.05) is 15.9 Å². The molecule has 0 atom stereocenters. The Hall–Kier alpha value is -1.41. The lowest BCUT2D eigenvalue weighted by Gasteiger charge is -2.04. The Balaban J connectivity index is 3.37. The van der Waals surface area contributed by atoms with Crippen LogP contribution in [0.3, 0.4) is 0 Å². The highest BCUT2D eigenvalue weighted by Crippen LogP contribution is 2.22. The van der Waals surface area contributed by atoms with Crippen LogP contribution in [0.2, 0.25) is 0 Å². The Kier molecular flexibility index (Phi) is 3.20. The molecule has 0 unspecified atom stereocenters. The predicted octanol–water partition coefficient (Wildman–Crippen LogP) is 2.55. The molecule has 0 radical (unpaired) electrons. The van der Waals surface area contributed by atoms with Crippen molar-refractivity contribution in [3.63, 3.8) is 0 Å². The molecule has 1 rings (SSSR count). The number of halogens is 3. The second kappa shape index (κ2) is 4.20. The van der Waals surface area contributed by atoms with Gasteiger partial charge >= 0.3 is 0 Å². The van der Waals surface area contributed by atoms with Crippen LogP contribution in [0.15, 0.2) is 22.7 Å². The van der Waals surface area contributed by atoms with Gasteiger partial charge < -0.3 is 5.73 Å². The van der Waals surface area contributed by atoms with E-state index < -0.39 is 11.6 Å². The van der Waals surface area contributed by atoms with E-state index in [2.05, 4.69) is 15.9 Å². The quantitative estimate of drug-likeness (QED) is 0.788. The van der Waals surface area contributed by atoms with Gasteiger partial charge in [0.1, 0.15) is 11.6 Å². The third kappa shape index (κ3) is 2.09. The van der Waals surface area contributed by atoms with Gasteiger partial charge in [-0.2, -0.15) is 5.26 Å². The molecule has 0 amide bonds. The Bertz CT molecular complexity index is 412. The maximum atomic E-state index is 13.2. The molecule has 0 aliphatic carbocycles. The number of rotatable bonds is 1. The molecule has 0 fully saturated rings. The zero-order valence-electron chi connectivity index (χ0n) is 6.89. The van der Waals surface area contributed by atoms with Crippen molar-refractivity contribution in [3.8, 4) is 6.07 Å². The van der Waals surface area contributed by atoms with E-state index in [9.17, 15) is 8.78 Å². The molecule has 2 N–H and O–H groups in total. The fraction of sp³-hybridized carbons (Fsp3) is 0. The summed E-state index contributed by atoms with van der Waals surface area (Å²) in [7, 11) is 0. The highest BCUT2D eigenvalue weighted by molar-refractivity contribution is 9.10. The molecule has 0 aromatic heterocycles. The highest BCUT2D eigenvalue weighted by Gasteiger charge is 2.12. The summed E-state index contributed by atoms with van der Waals surface area (Å²) in [4.78, 5) is 0. The van der Waals surface area contributed by atoms with Crippen molar-refractivity contribution in [2.45, 2.75) is 0 Å². The molecule has 72 valence electrons. The lowest BCUT2D eigenvalue weighted by atomic mass is 10.1. The van der Waals surface area contributed by atoms with Gasteiger partial charge in [0.2, 0.25) is 0 Å². The molecule has 1 aromatic carbocycles. The second-order valence-corrected chi connectivity index (χ2v) is 3.39. The maximum Gasteiger partial charge on any atom is 0.136 e. The molecule has 0 heterocycles. The number of nitriles is 1. The van der Waals surface area contributed by atoms with Gasteiger partial charge in [-0.25, -0.2) is 8.78 Å². The van der Waals surface area contributed by atoms with Crippen LogP contribution in [-0.4, -0.2) is 0 Å². The largest absolute Gasteiger partial charge is 0.397 e. The molecular formula is C9H5BrF2N2. The topological polar surface area (TPSA) is 49.8 Å². The average Bonchev–Trinajstić information content (AvgIpc) is 2.01. The van der Waals surface area contributed by atoms with E-state index in [0.717, 1.165) is 18.2 Å². The molecule has 0 bridgehead atoms. The van der Waals surface area contributed by atoms with Crippen LogP contribution in [0.5, 0.6) is 0 Å². The summed E-state index contributed by atoms with van der Waals surface area (Å²) >= 11 is 2.93. The van der Waals surface area contributed by atoms with Gasteiger partial charge in [0, 0.05) is 10.5 Å².